The van der Waals surface area contributed by atoms with E-state index in [4.69, 9.17) is 4.74 Å². The lowest BCUT2D eigenvalue weighted by Gasteiger charge is -2.39. The van der Waals surface area contributed by atoms with Gasteiger partial charge in [-0.3, -0.25) is 4.79 Å². The molecule has 1 heterocycles. The van der Waals surface area contributed by atoms with E-state index in [9.17, 15) is 23.5 Å². The number of hydrogen-bond acceptors (Lipinski definition) is 4. The van der Waals surface area contributed by atoms with E-state index in [1.54, 1.807) is 25.7 Å². The summed E-state index contributed by atoms with van der Waals surface area (Å²) in [6.45, 7) is 5.00. The summed E-state index contributed by atoms with van der Waals surface area (Å²) in [7, 11) is 0. The monoisotopic (exact) mass is 446 g/mol. The molecule has 0 aliphatic carbocycles. The van der Waals surface area contributed by atoms with Crippen molar-refractivity contribution in [3.8, 4) is 0 Å². The molecule has 1 aliphatic rings. The van der Waals surface area contributed by atoms with Crippen LogP contribution in [0, 0.1) is 11.6 Å². The number of rotatable bonds is 5. The maximum Gasteiger partial charge on any atom is 0.407 e. The Morgan fingerprint density at radius 2 is 1.78 bits per heavy atom. The number of aliphatic hydroxyl groups is 1. The third-order valence-electron chi connectivity index (χ3n) is 5.26. The Morgan fingerprint density at radius 3 is 2.34 bits per heavy atom. The molecule has 2 atom stereocenters. The number of aliphatic hydroxyl groups excluding tert-OH is 1. The van der Waals surface area contributed by atoms with Gasteiger partial charge in [0.2, 0.25) is 5.91 Å². The Bertz CT molecular complexity index is 953. The molecule has 2 N–H and O–H groups in total. The average molecular weight is 446 g/mol. The van der Waals surface area contributed by atoms with Gasteiger partial charge in [-0.15, -0.1) is 0 Å². The number of nitrogens with zero attached hydrogens (tertiary/aromatic N) is 1. The van der Waals surface area contributed by atoms with Crippen molar-refractivity contribution in [2.24, 2.45) is 0 Å². The molecule has 0 bridgehead atoms. The number of alkyl carbamates (subject to hydrolysis) is 1. The number of hydrogen-bond donors (Lipinski definition) is 2. The molecule has 0 spiro atoms. The molecule has 6 nitrogen and oxygen atoms in total. The van der Waals surface area contributed by atoms with Crippen molar-refractivity contribution in [1.82, 2.24) is 10.2 Å². The maximum absolute atomic E-state index is 14.8. The summed E-state index contributed by atoms with van der Waals surface area (Å²) in [6, 6.07) is 10.7. The summed E-state index contributed by atoms with van der Waals surface area (Å²) < 4.78 is 35.0. The fourth-order valence-corrected chi connectivity index (χ4v) is 3.87. The van der Waals surface area contributed by atoms with Gasteiger partial charge in [-0.05, 0) is 44.0 Å². The number of benzene rings is 2. The molecule has 1 unspecified atom stereocenters. The van der Waals surface area contributed by atoms with Gasteiger partial charge in [-0.1, -0.05) is 30.3 Å². The third kappa shape index (κ3) is 5.82. The Labute approximate surface area is 186 Å². The topological polar surface area (TPSA) is 78.9 Å². The molecule has 3 rings (SSSR count). The van der Waals surface area contributed by atoms with Crippen LogP contribution in [0.25, 0.3) is 0 Å². The average Bonchev–Trinajstić information content (AvgIpc) is 2.69. The van der Waals surface area contributed by atoms with Gasteiger partial charge in [-0.25, -0.2) is 13.6 Å². The second-order valence-electron chi connectivity index (χ2n) is 8.95. The van der Waals surface area contributed by atoms with Crippen LogP contribution in [0.15, 0.2) is 42.5 Å². The maximum atomic E-state index is 14.8. The van der Waals surface area contributed by atoms with Gasteiger partial charge in [0.15, 0.2) is 0 Å². The van der Waals surface area contributed by atoms with E-state index in [-0.39, 0.29) is 30.0 Å². The highest BCUT2D eigenvalue weighted by atomic mass is 19.1. The van der Waals surface area contributed by atoms with Crippen LogP contribution < -0.4 is 5.32 Å². The molecule has 172 valence electrons. The molecular weight excluding hydrogens is 418 g/mol. The van der Waals surface area contributed by atoms with E-state index in [1.165, 1.54) is 0 Å². The second-order valence-corrected chi connectivity index (χ2v) is 8.95. The Morgan fingerprint density at radius 1 is 1.16 bits per heavy atom. The Hall–Kier alpha value is -3.00. The summed E-state index contributed by atoms with van der Waals surface area (Å²) in [6.07, 6.45) is -0.908. The minimum absolute atomic E-state index is 0.0677. The van der Waals surface area contributed by atoms with Crippen molar-refractivity contribution in [2.45, 2.75) is 57.9 Å². The van der Waals surface area contributed by atoms with Crippen LogP contribution in [0.4, 0.5) is 13.6 Å². The number of carbonyl (C=O) groups excluding carboxylic acids is 2. The van der Waals surface area contributed by atoms with E-state index in [0.717, 1.165) is 17.7 Å². The van der Waals surface area contributed by atoms with E-state index < -0.39 is 41.9 Å². The summed E-state index contributed by atoms with van der Waals surface area (Å²) in [5.74, 6) is -2.92. The molecule has 0 saturated carbocycles. The minimum atomic E-state index is -0.921. The van der Waals surface area contributed by atoms with E-state index in [1.807, 2.05) is 30.3 Å². The first-order chi connectivity index (χ1) is 15.1. The normalized spacial score (nSPS) is 19.1. The second kappa shape index (κ2) is 9.65. The standard InChI is InChI=1S/C24H28F2N2O4/c1-24(2,3)32-23(31)27-20-13-28(12-15-7-5-4-6-8-15)21(30)11-17(20)22-18(25)9-16(14-29)10-19(22)26/h4-10,17,20,29H,11-14H2,1-3H3,(H,27,31)/t17?,20-/m0/s1. The van der Waals surface area contributed by atoms with Crippen LogP contribution in [0.1, 0.15) is 49.8 Å². The number of ether oxygens (including phenoxy) is 1. The van der Waals surface area contributed by atoms with Gasteiger partial charge in [0.25, 0.3) is 0 Å². The van der Waals surface area contributed by atoms with Crippen LogP contribution in [0.2, 0.25) is 0 Å². The third-order valence-corrected chi connectivity index (χ3v) is 5.26. The van der Waals surface area contributed by atoms with Crippen LogP contribution in [0.3, 0.4) is 0 Å². The van der Waals surface area contributed by atoms with E-state index >= 15 is 0 Å². The number of nitrogens with one attached hydrogen (secondary N) is 1. The molecule has 1 fully saturated rings. The highest BCUT2D eigenvalue weighted by Crippen LogP contribution is 2.34. The van der Waals surface area contributed by atoms with Gasteiger partial charge in [0.05, 0.1) is 12.6 Å². The van der Waals surface area contributed by atoms with Crippen molar-refractivity contribution in [1.29, 1.82) is 0 Å². The lowest BCUT2D eigenvalue weighted by Crippen LogP contribution is -2.54. The zero-order valence-electron chi connectivity index (χ0n) is 18.4. The molecule has 2 aromatic rings. The SMILES string of the molecule is CC(C)(C)OC(=O)N[C@H]1CN(Cc2ccccc2)C(=O)CC1c1c(F)cc(CO)cc1F. The minimum Gasteiger partial charge on any atom is -0.444 e. The number of carbonyl (C=O) groups is 2. The number of amides is 2. The fourth-order valence-electron chi connectivity index (χ4n) is 3.87. The van der Waals surface area contributed by atoms with Crippen molar-refractivity contribution in [3.05, 3.63) is 70.8 Å². The van der Waals surface area contributed by atoms with E-state index in [0.29, 0.717) is 6.54 Å². The molecule has 2 aromatic carbocycles. The first-order valence-corrected chi connectivity index (χ1v) is 10.5. The predicted octanol–water partition coefficient (Wildman–Crippen LogP) is 3.87. The van der Waals surface area contributed by atoms with Crippen LogP contribution in [0.5, 0.6) is 0 Å². The molecule has 1 saturated heterocycles. The summed E-state index contributed by atoms with van der Waals surface area (Å²) in [5.41, 5.74) is -0.0447. The van der Waals surface area contributed by atoms with Crippen molar-refractivity contribution < 1.29 is 28.2 Å². The summed E-state index contributed by atoms with van der Waals surface area (Å²) in [5, 5.41) is 11.9. The van der Waals surface area contributed by atoms with Crippen LogP contribution >= 0.6 is 0 Å². The zero-order valence-corrected chi connectivity index (χ0v) is 18.4. The smallest absolute Gasteiger partial charge is 0.407 e. The van der Waals surface area contributed by atoms with Crippen LogP contribution in [-0.2, 0) is 22.7 Å². The molecule has 0 radical (unpaired) electrons. The molecule has 32 heavy (non-hydrogen) atoms. The Balaban J connectivity index is 1.91. The van der Waals surface area contributed by atoms with E-state index in [2.05, 4.69) is 5.32 Å². The summed E-state index contributed by atoms with van der Waals surface area (Å²) in [4.78, 5) is 26.9. The van der Waals surface area contributed by atoms with Gasteiger partial charge in [-0.2, -0.15) is 0 Å². The van der Waals surface area contributed by atoms with Gasteiger partial charge in [0.1, 0.15) is 17.2 Å². The first kappa shape index (κ1) is 23.7. The van der Waals surface area contributed by atoms with Crippen molar-refractivity contribution in [3.63, 3.8) is 0 Å². The molecule has 8 heteroatoms. The number of halogens is 2. The lowest BCUT2D eigenvalue weighted by molar-refractivity contribution is -0.135. The van der Waals surface area contributed by atoms with Crippen molar-refractivity contribution >= 4 is 12.0 Å². The van der Waals surface area contributed by atoms with Crippen molar-refractivity contribution in [2.75, 3.05) is 6.54 Å². The summed E-state index contributed by atoms with van der Waals surface area (Å²) >= 11 is 0. The first-order valence-electron chi connectivity index (χ1n) is 10.5. The molecule has 1 aliphatic heterocycles. The van der Waals surface area contributed by atoms with Gasteiger partial charge >= 0.3 is 6.09 Å². The number of likely N-dealkylation sites (tertiary alicyclic amines) is 1. The fraction of sp³-hybridized carbons (Fsp3) is 0.417. The molecule has 2 amide bonds. The largest absolute Gasteiger partial charge is 0.444 e. The quantitative estimate of drug-likeness (QED) is 0.731. The number of piperidine rings is 1. The highest BCUT2D eigenvalue weighted by Gasteiger charge is 2.39. The van der Waals surface area contributed by atoms with Crippen LogP contribution in [-0.4, -0.2) is 40.2 Å². The zero-order chi connectivity index (χ0) is 23.5. The lowest BCUT2D eigenvalue weighted by atomic mass is 9.83. The van der Waals surface area contributed by atoms with Gasteiger partial charge < -0.3 is 20.1 Å². The van der Waals surface area contributed by atoms with Gasteiger partial charge in [0, 0.05) is 31.0 Å². The molecular formula is C24H28F2N2O4. The Kier molecular flexibility index (Phi) is 7.13. The highest BCUT2D eigenvalue weighted by molar-refractivity contribution is 5.79. The molecule has 0 aromatic heterocycles. The predicted molar refractivity (Wildman–Crippen MR) is 115 cm³/mol.